The Hall–Kier alpha value is -2.66. The number of nitrogens with zero attached hydrogens (tertiary/aromatic N) is 1. The molecule has 4 nitrogen and oxygen atoms in total. The monoisotopic (exact) mass is 381 g/mol. The number of methoxy groups -OCH3 is 1. The number of carbonyl (C=O) groups excluding carboxylic acids is 2. The van der Waals surface area contributed by atoms with Crippen LogP contribution in [0.3, 0.4) is 0 Å². The van der Waals surface area contributed by atoms with Gasteiger partial charge < -0.3 is 9.30 Å². The molecule has 1 heterocycles. The van der Waals surface area contributed by atoms with Crippen LogP contribution in [0.1, 0.15) is 20.7 Å². The molecule has 0 spiro atoms. The minimum Gasteiger partial charge on any atom is -0.494 e. The number of para-hydroxylation sites is 1. The molecule has 0 aliphatic heterocycles. The highest BCUT2D eigenvalue weighted by atomic mass is 79.9. The van der Waals surface area contributed by atoms with E-state index in [0.29, 0.717) is 22.6 Å². The summed E-state index contributed by atoms with van der Waals surface area (Å²) < 4.78 is 8.02. The van der Waals surface area contributed by atoms with Gasteiger partial charge in [0, 0.05) is 21.3 Å². The van der Waals surface area contributed by atoms with Crippen LogP contribution in [0, 0.1) is 0 Å². The summed E-state index contributed by atoms with van der Waals surface area (Å²) in [7, 11) is 1.50. The van der Waals surface area contributed by atoms with Crippen LogP contribution in [-0.2, 0) is 0 Å². The second kappa shape index (κ2) is 5.46. The zero-order chi connectivity index (χ0) is 16.8. The third kappa shape index (κ3) is 2.05. The normalized spacial score (nSPS) is 12.8. The predicted molar refractivity (Wildman–Crippen MR) is 94.1 cm³/mol. The van der Waals surface area contributed by atoms with Gasteiger partial charge in [-0.05, 0) is 24.3 Å². The number of halogens is 1. The summed E-state index contributed by atoms with van der Waals surface area (Å²) in [5.74, 6) is -0.647. The molecule has 0 saturated heterocycles. The van der Waals surface area contributed by atoms with Gasteiger partial charge in [0.1, 0.15) is 5.75 Å². The van der Waals surface area contributed by atoms with Crippen molar-refractivity contribution >= 4 is 27.5 Å². The number of hydrogen-bond donors (Lipinski definition) is 0. The van der Waals surface area contributed by atoms with Gasteiger partial charge in [0.05, 0.1) is 24.6 Å². The van der Waals surface area contributed by atoms with Crippen molar-refractivity contribution < 1.29 is 14.3 Å². The first-order chi connectivity index (χ1) is 11.6. The third-order valence-electron chi connectivity index (χ3n) is 4.14. The largest absolute Gasteiger partial charge is 0.494 e. The van der Waals surface area contributed by atoms with E-state index in [1.165, 1.54) is 7.11 Å². The molecule has 0 fully saturated rings. The minimum atomic E-state index is -0.540. The maximum absolute atomic E-state index is 12.7. The van der Waals surface area contributed by atoms with Crippen LogP contribution in [0.5, 0.6) is 5.75 Å². The van der Waals surface area contributed by atoms with Crippen molar-refractivity contribution in [3.8, 4) is 22.7 Å². The molecule has 5 heteroatoms. The van der Waals surface area contributed by atoms with Crippen molar-refractivity contribution in [1.82, 2.24) is 4.57 Å². The summed E-state index contributed by atoms with van der Waals surface area (Å²) in [4.78, 5) is 25.2. The van der Waals surface area contributed by atoms with Crippen molar-refractivity contribution in [2.45, 2.75) is 0 Å². The van der Waals surface area contributed by atoms with Crippen LogP contribution < -0.4 is 4.74 Å². The van der Waals surface area contributed by atoms with Gasteiger partial charge in [0.25, 0.3) is 0 Å². The Morgan fingerprint density at radius 3 is 2.42 bits per heavy atom. The van der Waals surface area contributed by atoms with Crippen LogP contribution in [0.4, 0.5) is 0 Å². The van der Waals surface area contributed by atoms with E-state index in [9.17, 15) is 9.59 Å². The highest BCUT2D eigenvalue weighted by molar-refractivity contribution is 9.10. The summed E-state index contributed by atoms with van der Waals surface area (Å²) >= 11 is 3.37. The first-order valence-electron chi connectivity index (χ1n) is 7.35. The van der Waals surface area contributed by atoms with Crippen LogP contribution in [-0.4, -0.2) is 23.2 Å². The fourth-order valence-corrected chi connectivity index (χ4v) is 3.42. The Balaban J connectivity index is 2.10. The van der Waals surface area contributed by atoms with Gasteiger partial charge in [0.2, 0.25) is 11.6 Å². The molecule has 1 aromatic heterocycles. The Bertz CT molecular complexity index is 989. The Morgan fingerprint density at radius 2 is 1.71 bits per heavy atom. The number of carbonyl (C=O) groups is 2. The van der Waals surface area contributed by atoms with Gasteiger partial charge in [-0.2, -0.15) is 0 Å². The van der Waals surface area contributed by atoms with Gasteiger partial charge >= 0.3 is 0 Å². The van der Waals surface area contributed by atoms with E-state index in [1.807, 2.05) is 47.0 Å². The number of ether oxygens (including phenoxy) is 1. The second-order valence-corrected chi connectivity index (χ2v) is 6.39. The molecule has 0 amide bonds. The summed E-state index contributed by atoms with van der Waals surface area (Å²) in [6, 6.07) is 15.1. The number of Topliss-reactive ketones (excluding diaryl/α,β-unsaturated/α-hetero) is 2. The molecule has 0 saturated carbocycles. The number of ketones is 2. The standard InChI is InChI=1S/C19H12BrNO3/c1-24-15-10-21(12-5-3-2-4-6-12)17-13-8-7-11(20)9-14(13)18(22)19(23)16(15)17/h2-10H,1H3. The van der Waals surface area contributed by atoms with Crippen molar-refractivity contribution in [3.05, 3.63) is 70.3 Å². The maximum atomic E-state index is 12.7. The second-order valence-electron chi connectivity index (χ2n) is 5.47. The van der Waals surface area contributed by atoms with E-state index in [2.05, 4.69) is 15.9 Å². The molecule has 0 bridgehead atoms. The summed E-state index contributed by atoms with van der Waals surface area (Å²) in [5, 5.41) is 0. The first-order valence-corrected chi connectivity index (χ1v) is 8.15. The van der Waals surface area contributed by atoms with Gasteiger partial charge in [-0.1, -0.05) is 40.2 Å². The fraction of sp³-hybridized carbons (Fsp3) is 0.0526. The molecule has 24 heavy (non-hydrogen) atoms. The van der Waals surface area contributed by atoms with Gasteiger partial charge in [0.15, 0.2) is 0 Å². The van der Waals surface area contributed by atoms with Crippen LogP contribution in [0.25, 0.3) is 16.9 Å². The van der Waals surface area contributed by atoms with Crippen molar-refractivity contribution in [1.29, 1.82) is 0 Å². The van der Waals surface area contributed by atoms with Crippen LogP contribution in [0.2, 0.25) is 0 Å². The van der Waals surface area contributed by atoms with Crippen LogP contribution >= 0.6 is 15.9 Å². The molecule has 2 aromatic carbocycles. The fourth-order valence-electron chi connectivity index (χ4n) is 3.06. The molecule has 4 rings (SSSR count). The molecular weight excluding hydrogens is 370 g/mol. The number of aromatic nitrogens is 1. The zero-order valence-electron chi connectivity index (χ0n) is 12.7. The lowest BCUT2D eigenvalue weighted by Gasteiger charge is -2.18. The lowest BCUT2D eigenvalue weighted by atomic mass is 9.88. The molecule has 3 aromatic rings. The summed E-state index contributed by atoms with van der Waals surface area (Å²) in [5.41, 5.74) is 3.03. The Labute approximate surface area is 146 Å². The molecule has 0 unspecified atom stereocenters. The SMILES string of the molecule is COc1cn(-c2ccccc2)c2c1C(=O)C(=O)c1cc(Br)ccc1-2. The van der Waals surface area contributed by atoms with Crippen molar-refractivity contribution in [3.63, 3.8) is 0 Å². The minimum absolute atomic E-state index is 0.321. The van der Waals surface area contributed by atoms with E-state index >= 15 is 0 Å². The Morgan fingerprint density at radius 1 is 0.958 bits per heavy atom. The number of benzene rings is 2. The van der Waals surface area contributed by atoms with Gasteiger partial charge in [-0.15, -0.1) is 0 Å². The van der Waals surface area contributed by atoms with E-state index in [-0.39, 0.29) is 0 Å². The highest BCUT2D eigenvalue weighted by Crippen LogP contribution is 2.42. The quantitative estimate of drug-likeness (QED) is 0.622. The number of fused-ring (bicyclic) bond motifs is 3. The van der Waals surface area contributed by atoms with Crippen LogP contribution in [0.15, 0.2) is 59.2 Å². The van der Waals surface area contributed by atoms with E-state index in [1.54, 1.807) is 12.3 Å². The van der Waals surface area contributed by atoms with Gasteiger partial charge in [-0.25, -0.2) is 0 Å². The third-order valence-corrected chi connectivity index (χ3v) is 4.63. The average molecular weight is 382 g/mol. The van der Waals surface area contributed by atoms with Crippen molar-refractivity contribution in [2.24, 2.45) is 0 Å². The number of hydrogen-bond acceptors (Lipinski definition) is 3. The highest BCUT2D eigenvalue weighted by Gasteiger charge is 2.36. The molecule has 0 atom stereocenters. The topological polar surface area (TPSA) is 48.3 Å². The molecule has 1 aliphatic carbocycles. The molecule has 118 valence electrons. The van der Waals surface area contributed by atoms with E-state index in [0.717, 1.165) is 15.7 Å². The molecule has 1 aliphatic rings. The maximum Gasteiger partial charge on any atom is 0.239 e. The molecule has 0 N–H and O–H groups in total. The first kappa shape index (κ1) is 14.9. The summed E-state index contributed by atoms with van der Waals surface area (Å²) in [6.45, 7) is 0. The molecular formula is C19H12BrNO3. The average Bonchev–Trinajstić information content (AvgIpc) is 3.00. The molecule has 0 radical (unpaired) electrons. The predicted octanol–water partition coefficient (Wildman–Crippen LogP) is 4.29. The van der Waals surface area contributed by atoms with E-state index < -0.39 is 11.6 Å². The van der Waals surface area contributed by atoms with Gasteiger partial charge in [-0.3, -0.25) is 9.59 Å². The van der Waals surface area contributed by atoms with E-state index in [4.69, 9.17) is 4.74 Å². The summed E-state index contributed by atoms with van der Waals surface area (Å²) in [6.07, 6.45) is 1.75. The smallest absolute Gasteiger partial charge is 0.239 e. The lowest BCUT2D eigenvalue weighted by molar-refractivity contribution is 0.0813. The van der Waals surface area contributed by atoms with Crippen molar-refractivity contribution in [2.75, 3.05) is 7.11 Å². The Kier molecular flexibility index (Phi) is 3.39. The lowest BCUT2D eigenvalue weighted by Crippen LogP contribution is -2.22. The number of rotatable bonds is 2. The zero-order valence-corrected chi connectivity index (χ0v) is 14.3.